The van der Waals surface area contributed by atoms with E-state index in [1.165, 1.54) is 4.68 Å². The molecule has 152 valence electrons. The summed E-state index contributed by atoms with van der Waals surface area (Å²) in [4.78, 5) is 17.6. The maximum absolute atomic E-state index is 13.1. The van der Waals surface area contributed by atoms with Gasteiger partial charge in [0.1, 0.15) is 5.75 Å². The van der Waals surface area contributed by atoms with Crippen molar-refractivity contribution < 1.29 is 9.26 Å². The van der Waals surface area contributed by atoms with E-state index in [0.29, 0.717) is 44.3 Å². The maximum atomic E-state index is 13.1. The summed E-state index contributed by atoms with van der Waals surface area (Å²) in [5.41, 5.74) is 1.34. The summed E-state index contributed by atoms with van der Waals surface area (Å²) >= 11 is 6.13. The molecular weight excluding hydrogens is 416 g/mol. The predicted molar refractivity (Wildman–Crippen MR) is 118 cm³/mol. The Hall–Kier alpha value is -3.97. The van der Waals surface area contributed by atoms with E-state index in [0.717, 1.165) is 0 Å². The lowest BCUT2D eigenvalue weighted by Gasteiger charge is -2.09. The summed E-state index contributed by atoms with van der Waals surface area (Å²) in [5, 5.41) is 10.2. The number of benzene rings is 3. The van der Waals surface area contributed by atoms with Gasteiger partial charge < -0.3 is 9.26 Å². The number of methoxy groups -OCH3 is 1. The number of nitrogens with zero attached hydrogens (tertiary/aromatic N) is 4. The van der Waals surface area contributed by atoms with E-state index in [1.54, 1.807) is 49.6 Å². The van der Waals surface area contributed by atoms with Gasteiger partial charge in [-0.1, -0.05) is 53.2 Å². The van der Waals surface area contributed by atoms with Gasteiger partial charge in [0.2, 0.25) is 5.82 Å². The number of rotatable bonds is 4. The van der Waals surface area contributed by atoms with Crippen molar-refractivity contribution >= 4 is 22.4 Å². The van der Waals surface area contributed by atoms with E-state index in [2.05, 4.69) is 15.2 Å². The predicted octanol–water partition coefficient (Wildman–Crippen LogP) is 4.76. The van der Waals surface area contributed by atoms with Gasteiger partial charge in [0, 0.05) is 10.4 Å². The maximum Gasteiger partial charge on any atom is 0.279 e. The molecule has 2 heterocycles. The van der Waals surface area contributed by atoms with E-state index in [1.807, 2.05) is 30.3 Å². The number of aromatic nitrogens is 4. The lowest BCUT2D eigenvalue weighted by atomic mass is 10.1. The Labute approximate surface area is 181 Å². The number of halogens is 1. The molecule has 0 aliphatic heterocycles. The van der Waals surface area contributed by atoms with Crippen molar-refractivity contribution in [3.63, 3.8) is 0 Å². The fourth-order valence-electron chi connectivity index (χ4n) is 3.39. The molecule has 0 atom stereocenters. The highest BCUT2D eigenvalue weighted by atomic mass is 35.5. The Balaban J connectivity index is 1.73. The second kappa shape index (κ2) is 7.70. The van der Waals surface area contributed by atoms with Crippen LogP contribution in [0.2, 0.25) is 5.02 Å². The second-order valence-electron chi connectivity index (χ2n) is 6.71. The van der Waals surface area contributed by atoms with Gasteiger partial charge in [0.15, 0.2) is 5.69 Å². The Morgan fingerprint density at radius 1 is 0.968 bits per heavy atom. The molecule has 0 unspecified atom stereocenters. The van der Waals surface area contributed by atoms with Crippen LogP contribution in [0.1, 0.15) is 0 Å². The third-order valence-electron chi connectivity index (χ3n) is 4.83. The summed E-state index contributed by atoms with van der Waals surface area (Å²) in [6.07, 6.45) is 0. The Bertz CT molecular complexity index is 1480. The van der Waals surface area contributed by atoms with Gasteiger partial charge in [0.05, 0.1) is 23.7 Å². The molecular formula is C23H15ClN4O3. The van der Waals surface area contributed by atoms with Crippen molar-refractivity contribution in [1.82, 2.24) is 19.9 Å². The van der Waals surface area contributed by atoms with Crippen molar-refractivity contribution in [2.75, 3.05) is 7.11 Å². The van der Waals surface area contributed by atoms with E-state index in [4.69, 9.17) is 20.9 Å². The molecule has 0 bridgehead atoms. The molecule has 7 nitrogen and oxygen atoms in total. The molecule has 0 radical (unpaired) electrons. The van der Waals surface area contributed by atoms with Crippen LogP contribution in [-0.2, 0) is 0 Å². The fraction of sp³-hybridized carbons (Fsp3) is 0.0435. The van der Waals surface area contributed by atoms with Crippen molar-refractivity contribution in [3.8, 4) is 34.4 Å². The minimum Gasteiger partial charge on any atom is -0.496 e. The minimum absolute atomic E-state index is 0.188. The zero-order valence-electron chi connectivity index (χ0n) is 16.3. The Morgan fingerprint density at radius 3 is 2.55 bits per heavy atom. The molecule has 0 spiro atoms. The van der Waals surface area contributed by atoms with Crippen LogP contribution in [0, 0.1) is 0 Å². The summed E-state index contributed by atoms with van der Waals surface area (Å²) < 4.78 is 12.2. The lowest BCUT2D eigenvalue weighted by Crippen LogP contribution is -2.22. The average molecular weight is 431 g/mol. The van der Waals surface area contributed by atoms with Crippen molar-refractivity contribution in [2.24, 2.45) is 0 Å². The van der Waals surface area contributed by atoms with E-state index in [9.17, 15) is 4.79 Å². The number of fused-ring (bicyclic) bond motifs is 1. The zero-order chi connectivity index (χ0) is 21.4. The second-order valence-corrected chi connectivity index (χ2v) is 7.15. The van der Waals surface area contributed by atoms with Crippen LogP contribution < -0.4 is 10.3 Å². The van der Waals surface area contributed by atoms with E-state index < -0.39 is 0 Å². The number of para-hydroxylation sites is 1. The number of hydrogen-bond donors (Lipinski definition) is 0. The first-order valence-corrected chi connectivity index (χ1v) is 9.79. The smallest absolute Gasteiger partial charge is 0.279 e. The number of ether oxygens (including phenoxy) is 1. The van der Waals surface area contributed by atoms with Crippen LogP contribution in [0.15, 0.2) is 82.1 Å². The topological polar surface area (TPSA) is 83.0 Å². The van der Waals surface area contributed by atoms with E-state index >= 15 is 0 Å². The van der Waals surface area contributed by atoms with Crippen molar-refractivity contribution in [3.05, 3.63) is 88.2 Å². The molecule has 0 aliphatic carbocycles. The average Bonchev–Trinajstić information content (AvgIpc) is 3.29. The molecule has 0 saturated carbocycles. The molecule has 0 N–H and O–H groups in total. The van der Waals surface area contributed by atoms with Gasteiger partial charge >= 0.3 is 0 Å². The Morgan fingerprint density at radius 2 is 1.74 bits per heavy atom. The zero-order valence-corrected chi connectivity index (χ0v) is 17.1. The highest BCUT2D eigenvalue weighted by Crippen LogP contribution is 2.30. The standard InChI is InChI=1S/C23H15ClN4O3/c1-30-19-12-5-4-11-18(19)21-25-22(31-27-21)20-16-9-2-3-10-17(16)23(29)28(26-20)15-8-6-7-14(24)13-15/h2-13H,1H3. The van der Waals surface area contributed by atoms with Gasteiger partial charge in [0.25, 0.3) is 11.4 Å². The van der Waals surface area contributed by atoms with Gasteiger partial charge in [-0.3, -0.25) is 4.79 Å². The van der Waals surface area contributed by atoms with Gasteiger partial charge in [-0.25, -0.2) is 0 Å². The first kappa shape index (κ1) is 19.0. The molecule has 8 heteroatoms. The minimum atomic E-state index is -0.272. The Kier molecular flexibility index (Phi) is 4.72. The summed E-state index contributed by atoms with van der Waals surface area (Å²) in [7, 11) is 1.58. The molecule has 0 aliphatic rings. The number of hydrogen-bond acceptors (Lipinski definition) is 6. The molecule has 0 fully saturated rings. The lowest BCUT2D eigenvalue weighted by molar-refractivity contribution is 0.413. The third-order valence-corrected chi connectivity index (χ3v) is 5.07. The van der Waals surface area contributed by atoms with Crippen LogP contribution in [0.3, 0.4) is 0 Å². The van der Waals surface area contributed by atoms with E-state index in [-0.39, 0.29) is 11.4 Å². The molecule has 5 aromatic rings. The molecule has 2 aromatic heterocycles. The largest absolute Gasteiger partial charge is 0.496 e. The first-order chi connectivity index (χ1) is 15.2. The van der Waals surface area contributed by atoms with Gasteiger partial charge in [-0.15, -0.1) is 0 Å². The monoisotopic (exact) mass is 430 g/mol. The van der Waals surface area contributed by atoms with Crippen LogP contribution in [0.4, 0.5) is 0 Å². The normalized spacial score (nSPS) is 11.0. The summed E-state index contributed by atoms with van der Waals surface area (Å²) in [6.45, 7) is 0. The summed E-state index contributed by atoms with van der Waals surface area (Å²) in [6, 6.07) is 21.5. The molecule has 0 saturated heterocycles. The molecule has 31 heavy (non-hydrogen) atoms. The van der Waals surface area contributed by atoms with Crippen LogP contribution in [0.5, 0.6) is 5.75 Å². The molecule has 5 rings (SSSR count). The molecule has 3 aromatic carbocycles. The van der Waals surface area contributed by atoms with Crippen LogP contribution in [-0.4, -0.2) is 27.0 Å². The SMILES string of the molecule is COc1ccccc1-c1noc(-c2nn(-c3cccc(Cl)c3)c(=O)c3ccccc23)n1. The first-order valence-electron chi connectivity index (χ1n) is 9.41. The molecule has 0 amide bonds. The fourth-order valence-corrected chi connectivity index (χ4v) is 3.57. The summed E-state index contributed by atoms with van der Waals surface area (Å²) in [5.74, 6) is 1.17. The van der Waals surface area contributed by atoms with Crippen molar-refractivity contribution in [2.45, 2.75) is 0 Å². The van der Waals surface area contributed by atoms with Gasteiger partial charge in [-0.2, -0.15) is 14.8 Å². The van der Waals surface area contributed by atoms with Crippen molar-refractivity contribution in [1.29, 1.82) is 0 Å². The quantitative estimate of drug-likeness (QED) is 0.408. The third kappa shape index (κ3) is 3.35. The highest BCUT2D eigenvalue weighted by Gasteiger charge is 2.20. The van der Waals surface area contributed by atoms with Crippen LogP contribution in [0.25, 0.3) is 39.4 Å². The highest BCUT2D eigenvalue weighted by molar-refractivity contribution is 6.30. The van der Waals surface area contributed by atoms with Crippen LogP contribution >= 0.6 is 11.6 Å². The van der Waals surface area contributed by atoms with Gasteiger partial charge in [-0.05, 0) is 36.4 Å².